The lowest BCUT2D eigenvalue weighted by molar-refractivity contribution is -0.119. The number of hydrogen-bond acceptors (Lipinski definition) is 2. The Morgan fingerprint density at radius 3 is 2.33 bits per heavy atom. The molecule has 1 aliphatic rings. The van der Waals surface area contributed by atoms with E-state index in [0.717, 1.165) is 25.9 Å². The number of nitrogens with one attached hydrogen (secondary N) is 3. The maximum absolute atomic E-state index is 11.3. The Labute approximate surface area is 90.7 Å². The number of hydrogen-bond donors (Lipinski definition) is 3. The van der Waals surface area contributed by atoms with Crippen molar-refractivity contribution in [1.29, 1.82) is 0 Å². The van der Waals surface area contributed by atoms with Crippen molar-refractivity contribution in [2.45, 2.75) is 32.7 Å². The second-order valence-electron chi connectivity index (χ2n) is 3.57. The van der Waals surface area contributed by atoms with Crippen molar-refractivity contribution < 1.29 is 4.79 Å². The Bertz CT molecular complexity index is 228. The molecule has 1 rings (SSSR count). The molecule has 0 heterocycles. The highest BCUT2D eigenvalue weighted by atomic mass is 16.2. The van der Waals surface area contributed by atoms with Gasteiger partial charge in [-0.1, -0.05) is 0 Å². The Morgan fingerprint density at radius 1 is 1.27 bits per heavy atom. The largest absolute Gasteiger partial charge is 0.357 e. The molecule has 0 atom stereocenters. The normalized spacial score (nSPS) is 14.3. The van der Waals surface area contributed by atoms with E-state index < -0.39 is 0 Å². The summed E-state index contributed by atoms with van der Waals surface area (Å²) in [5.41, 5.74) is 0. The van der Waals surface area contributed by atoms with Gasteiger partial charge < -0.3 is 16.0 Å². The molecule has 1 aliphatic carbocycles. The molecule has 1 amide bonds. The van der Waals surface area contributed by atoms with Gasteiger partial charge in [0.1, 0.15) is 6.54 Å². The lowest BCUT2D eigenvalue weighted by atomic mass is 10.5. The van der Waals surface area contributed by atoms with Crippen LogP contribution in [-0.2, 0) is 4.79 Å². The van der Waals surface area contributed by atoms with E-state index in [0.29, 0.717) is 12.0 Å². The fraction of sp³-hybridized carbons (Fsp3) is 0.800. The zero-order chi connectivity index (χ0) is 11.1. The highest BCUT2D eigenvalue weighted by Gasteiger charge is 2.22. The van der Waals surface area contributed by atoms with Crippen LogP contribution in [0.1, 0.15) is 26.7 Å². The third-order valence-electron chi connectivity index (χ3n) is 2.01. The Kier molecular flexibility index (Phi) is 4.93. The summed E-state index contributed by atoms with van der Waals surface area (Å²) in [4.78, 5) is 15.5. The number of carbonyl (C=O) groups is 1. The number of aliphatic imine (C=N–C) groups is 1. The standard InChI is InChI=1S/C10H20N4O/c1-3-11-10(12-4-2)13-7-9(15)14-8-5-6-8/h8H,3-7H2,1-2H3,(H,14,15)(H2,11,12,13). The third kappa shape index (κ3) is 5.24. The first-order chi connectivity index (χ1) is 7.26. The van der Waals surface area contributed by atoms with Gasteiger partial charge in [0.05, 0.1) is 0 Å². The summed E-state index contributed by atoms with van der Waals surface area (Å²) in [6, 6.07) is 0.411. The first-order valence-corrected chi connectivity index (χ1v) is 5.57. The average Bonchev–Trinajstić information content (AvgIpc) is 2.99. The highest BCUT2D eigenvalue weighted by molar-refractivity contribution is 5.85. The predicted molar refractivity (Wildman–Crippen MR) is 60.8 cm³/mol. The molecular formula is C10H20N4O. The fourth-order valence-corrected chi connectivity index (χ4v) is 1.16. The van der Waals surface area contributed by atoms with Crippen molar-refractivity contribution in [1.82, 2.24) is 16.0 Å². The molecule has 0 aromatic carbocycles. The molecule has 0 aromatic heterocycles. The monoisotopic (exact) mass is 212 g/mol. The van der Waals surface area contributed by atoms with Crippen LogP contribution in [0, 0.1) is 0 Å². The van der Waals surface area contributed by atoms with Crippen LogP contribution in [0.3, 0.4) is 0 Å². The third-order valence-corrected chi connectivity index (χ3v) is 2.01. The summed E-state index contributed by atoms with van der Waals surface area (Å²) >= 11 is 0. The zero-order valence-electron chi connectivity index (χ0n) is 9.47. The molecule has 5 heteroatoms. The lowest BCUT2D eigenvalue weighted by Crippen LogP contribution is -2.38. The molecule has 5 nitrogen and oxygen atoms in total. The van der Waals surface area contributed by atoms with Gasteiger partial charge in [0, 0.05) is 19.1 Å². The Morgan fingerprint density at radius 2 is 1.87 bits per heavy atom. The van der Waals surface area contributed by atoms with Gasteiger partial charge in [-0.25, -0.2) is 4.99 Å². The van der Waals surface area contributed by atoms with Crippen LogP contribution in [0.15, 0.2) is 4.99 Å². The summed E-state index contributed by atoms with van der Waals surface area (Å²) in [6.45, 7) is 5.80. The van der Waals surface area contributed by atoms with Crippen LogP contribution >= 0.6 is 0 Å². The van der Waals surface area contributed by atoms with Crippen LogP contribution in [0.2, 0.25) is 0 Å². The zero-order valence-corrected chi connectivity index (χ0v) is 9.47. The van der Waals surface area contributed by atoms with Crippen molar-refractivity contribution in [3.63, 3.8) is 0 Å². The van der Waals surface area contributed by atoms with Gasteiger partial charge in [0.15, 0.2) is 5.96 Å². The average molecular weight is 212 g/mol. The van der Waals surface area contributed by atoms with E-state index in [2.05, 4.69) is 20.9 Å². The van der Waals surface area contributed by atoms with E-state index in [1.165, 1.54) is 0 Å². The lowest BCUT2D eigenvalue weighted by Gasteiger charge is -2.08. The summed E-state index contributed by atoms with van der Waals surface area (Å²) in [7, 11) is 0. The van der Waals surface area contributed by atoms with Gasteiger partial charge >= 0.3 is 0 Å². The summed E-state index contributed by atoms with van der Waals surface area (Å²) < 4.78 is 0. The molecule has 1 fully saturated rings. The maximum atomic E-state index is 11.3. The van der Waals surface area contributed by atoms with E-state index in [1.54, 1.807) is 0 Å². The molecule has 0 saturated heterocycles. The van der Waals surface area contributed by atoms with E-state index in [4.69, 9.17) is 0 Å². The van der Waals surface area contributed by atoms with Crippen LogP contribution in [-0.4, -0.2) is 37.5 Å². The minimum atomic E-state index is 0.00538. The number of rotatable bonds is 5. The maximum Gasteiger partial charge on any atom is 0.242 e. The van der Waals surface area contributed by atoms with Crippen molar-refractivity contribution in [3.8, 4) is 0 Å². The highest BCUT2D eigenvalue weighted by Crippen LogP contribution is 2.18. The van der Waals surface area contributed by atoms with Gasteiger partial charge in [-0.3, -0.25) is 4.79 Å². The van der Waals surface area contributed by atoms with Crippen LogP contribution in [0.4, 0.5) is 0 Å². The van der Waals surface area contributed by atoms with Gasteiger partial charge in [0.25, 0.3) is 0 Å². The summed E-state index contributed by atoms with van der Waals surface area (Å²) in [5.74, 6) is 0.705. The van der Waals surface area contributed by atoms with E-state index in [-0.39, 0.29) is 12.5 Å². The molecule has 0 bridgehead atoms. The topological polar surface area (TPSA) is 65.5 Å². The smallest absolute Gasteiger partial charge is 0.242 e. The van der Waals surface area contributed by atoms with Gasteiger partial charge in [-0.05, 0) is 26.7 Å². The van der Waals surface area contributed by atoms with Gasteiger partial charge in [-0.15, -0.1) is 0 Å². The molecule has 86 valence electrons. The molecular weight excluding hydrogens is 192 g/mol. The van der Waals surface area contributed by atoms with E-state index >= 15 is 0 Å². The number of nitrogens with zero attached hydrogens (tertiary/aromatic N) is 1. The minimum absolute atomic E-state index is 0.00538. The van der Waals surface area contributed by atoms with E-state index in [9.17, 15) is 4.79 Å². The second-order valence-corrected chi connectivity index (χ2v) is 3.57. The minimum Gasteiger partial charge on any atom is -0.357 e. The SMILES string of the molecule is CCNC(=NCC(=O)NC1CC1)NCC. The second kappa shape index (κ2) is 6.27. The van der Waals surface area contributed by atoms with Crippen LogP contribution in [0.5, 0.6) is 0 Å². The first kappa shape index (κ1) is 11.8. The number of carbonyl (C=O) groups excluding carboxylic acids is 1. The number of amides is 1. The molecule has 3 N–H and O–H groups in total. The molecule has 0 aromatic rings. The van der Waals surface area contributed by atoms with Crippen LogP contribution in [0.25, 0.3) is 0 Å². The number of guanidine groups is 1. The molecule has 1 saturated carbocycles. The van der Waals surface area contributed by atoms with Crippen molar-refractivity contribution in [2.24, 2.45) is 4.99 Å². The molecule has 0 spiro atoms. The molecule has 15 heavy (non-hydrogen) atoms. The Balaban J connectivity index is 2.26. The fourth-order valence-electron chi connectivity index (χ4n) is 1.16. The predicted octanol–water partition coefficient (Wildman–Crippen LogP) is -0.160. The first-order valence-electron chi connectivity index (χ1n) is 5.57. The van der Waals surface area contributed by atoms with Crippen molar-refractivity contribution in [3.05, 3.63) is 0 Å². The molecule has 0 radical (unpaired) electrons. The van der Waals surface area contributed by atoms with Crippen molar-refractivity contribution in [2.75, 3.05) is 19.6 Å². The Hall–Kier alpha value is -1.26. The van der Waals surface area contributed by atoms with Crippen molar-refractivity contribution >= 4 is 11.9 Å². The van der Waals surface area contributed by atoms with E-state index in [1.807, 2.05) is 13.8 Å². The van der Waals surface area contributed by atoms with Crippen LogP contribution < -0.4 is 16.0 Å². The van der Waals surface area contributed by atoms with Gasteiger partial charge in [-0.2, -0.15) is 0 Å². The quantitative estimate of drug-likeness (QED) is 0.438. The molecule has 0 aliphatic heterocycles. The van der Waals surface area contributed by atoms with Gasteiger partial charge in [0.2, 0.25) is 5.91 Å². The summed E-state index contributed by atoms with van der Waals surface area (Å²) in [6.07, 6.45) is 2.23. The molecule has 0 unspecified atom stereocenters. The summed E-state index contributed by atoms with van der Waals surface area (Å²) in [5, 5.41) is 9.03.